The fourth-order valence-electron chi connectivity index (χ4n) is 1.77. The van der Waals surface area contributed by atoms with E-state index in [9.17, 15) is 8.42 Å². The van der Waals surface area contributed by atoms with E-state index in [0.29, 0.717) is 5.13 Å². The van der Waals surface area contributed by atoms with E-state index < -0.39 is 10.0 Å². The number of benzene rings is 1. The molecule has 0 fully saturated rings. The van der Waals surface area contributed by atoms with Gasteiger partial charge in [-0.2, -0.15) is 0 Å². The quantitative estimate of drug-likeness (QED) is 0.821. The van der Waals surface area contributed by atoms with Gasteiger partial charge in [-0.15, -0.1) is 11.3 Å². The zero-order valence-corrected chi connectivity index (χ0v) is 13.7. The minimum Gasteiger partial charge on any atom is -0.309 e. The van der Waals surface area contributed by atoms with Gasteiger partial charge in [-0.05, 0) is 32.0 Å². The molecule has 1 aromatic carbocycles. The Bertz CT molecular complexity index is 669. The molecule has 0 saturated heterocycles. The van der Waals surface area contributed by atoms with E-state index in [4.69, 9.17) is 0 Å². The second-order valence-corrected chi connectivity index (χ2v) is 7.21. The molecule has 2 aromatic rings. The van der Waals surface area contributed by atoms with Gasteiger partial charge in [0.1, 0.15) is 0 Å². The van der Waals surface area contributed by atoms with Crippen molar-refractivity contribution in [2.24, 2.45) is 0 Å². The van der Waals surface area contributed by atoms with Crippen LogP contribution in [-0.4, -0.2) is 19.9 Å². The highest BCUT2D eigenvalue weighted by molar-refractivity contribution is 7.93. The van der Waals surface area contributed by atoms with Crippen molar-refractivity contribution in [3.05, 3.63) is 41.4 Å². The van der Waals surface area contributed by atoms with Crippen LogP contribution in [0, 0.1) is 0 Å². The van der Waals surface area contributed by atoms with Crippen LogP contribution in [0.15, 0.2) is 40.6 Å². The maximum absolute atomic E-state index is 12.2. The normalized spacial score (nSPS) is 13.0. The number of anilines is 1. The Morgan fingerprint density at radius 3 is 2.67 bits per heavy atom. The smallest absolute Gasteiger partial charge is 0.263 e. The second kappa shape index (κ2) is 7.02. The lowest BCUT2D eigenvalue weighted by Gasteiger charge is -2.09. The average Bonchev–Trinajstić information content (AvgIpc) is 2.93. The first kappa shape index (κ1) is 15.9. The molecule has 2 rings (SSSR count). The average molecular weight is 325 g/mol. The van der Waals surface area contributed by atoms with Crippen molar-refractivity contribution >= 4 is 26.5 Å². The second-order valence-electron chi connectivity index (χ2n) is 4.67. The largest absolute Gasteiger partial charge is 0.309 e. The van der Waals surface area contributed by atoms with Crippen LogP contribution in [0.25, 0.3) is 0 Å². The van der Waals surface area contributed by atoms with Crippen LogP contribution in [0.5, 0.6) is 0 Å². The molecule has 0 spiro atoms. The first-order valence-electron chi connectivity index (χ1n) is 6.79. The third-order valence-corrected chi connectivity index (χ3v) is 5.20. The lowest BCUT2D eigenvalue weighted by molar-refractivity contribution is 0.561. The molecule has 0 bridgehead atoms. The standard InChI is InChI=1S/C14H19N3O2S2/c1-3-9-15-11(2)13-10-20-14(16-13)17-21(18,19)12-7-5-4-6-8-12/h4-8,10-11,15H,3,9H2,1-2H3,(H,16,17). The predicted octanol–water partition coefficient (Wildman–Crippen LogP) is 3.00. The van der Waals surface area contributed by atoms with Gasteiger partial charge in [0.15, 0.2) is 5.13 Å². The van der Waals surface area contributed by atoms with E-state index >= 15 is 0 Å². The van der Waals surface area contributed by atoms with Crippen molar-refractivity contribution in [1.29, 1.82) is 0 Å². The molecule has 0 saturated carbocycles. The molecule has 1 atom stereocenters. The number of sulfonamides is 1. The molecule has 0 aliphatic heterocycles. The molecular formula is C14H19N3O2S2. The van der Waals surface area contributed by atoms with E-state index in [1.54, 1.807) is 30.3 Å². The molecule has 0 amide bonds. The highest BCUT2D eigenvalue weighted by Crippen LogP contribution is 2.23. The van der Waals surface area contributed by atoms with Gasteiger partial charge in [0.2, 0.25) is 0 Å². The van der Waals surface area contributed by atoms with Crippen LogP contribution in [0.3, 0.4) is 0 Å². The van der Waals surface area contributed by atoms with Crippen LogP contribution in [0.1, 0.15) is 32.0 Å². The minimum atomic E-state index is -3.57. The summed E-state index contributed by atoms with van der Waals surface area (Å²) in [7, 11) is -3.57. The number of aromatic nitrogens is 1. The molecule has 2 N–H and O–H groups in total. The molecule has 0 aliphatic carbocycles. The van der Waals surface area contributed by atoms with Crippen LogP contribution in [0.2, 0.25) is 0 Å². The lowest BCUT2D eigenvalue weighted by Crippen LogP contribution is -2.19. The maximum atomic E-state index is 12.2. The van der Waals surface area contributed by atoms with Crippen molar-refractivity contribution in [1.82, 2.24) is 10.3 Å². The SMILES string of the molecule is CCCNC(C)c1csc(NS(=O)(=O)c2ccccc2)n1. The van der Waals surface area contributed by atoms with Gasteiger partial charge in [-0.3, -0.25) is 4.72 Å². The third kappa shape index (κ3) is 4.26. The van der Waals surface area contributed by atoms with Gasteiger partial charge >= 0.3 is 0 Å². The molecule has 1 unspecified atom stereocenters. The van der Waals surface area contributed by atoms with Gasteiger partial charge in [0.25, 0.3) is 10.0 Å². The minimum absolute atomic E-state index is 0.108. The highest BCUT2D eigenvalue weighted by Gasteiger charge is 2.16. The summed E-state index contributed by atoms with van der Waals surface area (Å²) in [6, 6.07) is 8.39. The molecule has 0 aliphatic rings. The first-order chi connectivity index (χ1) is 10.0. The zero-order chi connectivity index (χ0) is 15.3. The zero-order valence-electron chi connectivity index (χ0n) is 12.0. The van der Waals surface area contributed by atoms with E-state index in [2.05, 4.69) is 21.9 Å². The number of rotatable bonds is 7. The van der Waals surface area contributed by atoms with Crippen LogP contribution in [0.4, 0.5) is 5.13 Å². The fourth-order valence-corrected chi connectivity index (χ4v) is 3.85. The Kier molecular flexibility index (Phi) is 5.33. The highest BCUT2D eigenvalue weighted by atomic mass is 32.2. The Labute approximate surface area is 129 Å². The predicted molar refractivity (Wildman–Crippen MR) is 86.1 cm³/mol. The fraction of sp³-hybridized carbons (Fsp3) is 0.357. The molecule has 21 heavy (non-hydrogen) atoms. The van der Waals surface area contributed by atoms with Crippen LogP contribution < -0.4 is 10.0 Å². The summed E-state index contributed by atoms with van der Waals surface area (Å²) in [5.74, 6) is 0. The molecule has 1 aromatic heterocycles. The summed E-state index contributed by atoms with van der Waals surface area (Å²) in [6.07, 6.45) is 1.04. The van der Waals surface area contributed by atoms with Gasteiger partial charge < -0.3 is 5.32 Å². The van der Waals surface area contributed by atoms with Gasteiger partial charge in [0.05, 0.1) is 10.6 Å². The molecule has 0 radical (unpaired) electrons. The van der Waals surface area contributed by atoms with Crippen LogP contribution >= 0.6 is 11.3 Å². The van der Waals surface area contributed by atoms with Gasteiger partial charge in [-0.1, -0.05) is 25.1 Å². The summed E-state index contributed by atoms with van der Waals surface area (Å²) in [4.78, 5) is 4.57. The van der Waals surface area contributed by atoms with Gasteiger partial charge in [0, 0.05) is 11.4 Å². The maximum Gasteiger partial charge on any atom is 0.263 e. The lowest BCUT2D eigenvalue weighted by atomic mass is 10.2. The van der Waals surface area contributed by atoms with Crippen molar-refractivity contribution in [2.75, 3.05) is 11.3 Å². The summed E-state index contributed by atoms with van der Waals surface area (Å²) < 4.78 is 26.9. The third-order valence-electron chi connectivity index (χ3n) is 2.94. The van der Waals surface area contributed by atoms with Crippen LogP contribution in [-0.2, 0) is 10.0 Å². The molecular weight excluding hydrogens is 306 g/mol. The topological polar surface area (TPSA) is 71.1 Å². The number of hydrogen-bond acceptors (Lipinski definition) is 5. The van der Waals surface area contributed by atoms with Crippen molar-refractivity contribution in [2.45, 2.75) is 31.2 Å². The Morgan fingerprint density at radius 1 is 1.29 bits per heavy atom. The van der Waals surface area contributed by atoms with E-state index in [1.807, 2.05) is 12.3 Å². The number of nitrogens with zero attached hydrogens (tertiary/aromatic N) is 1. The summed E-state index contributed by atoms with van der Waals surface area (Å²) in [5.41, 5.74) is 0.846. The van der Waals surface area contributed by atoms with E-state index in [0.717, 1.165) is 18.7 Å². The molecule has 5 nitrogen and oxygen atoms in total. The number of nitrogens with one attached hydrogen (secondary N) is 2. The van der Waals surface area contributed by atoms with Crippen molar-refractivity contribution in [3.8, 4) is 0 Å². The van der Waals surface area contributed by atoms with Gasteiger partial charge in [-0.25, -0.2) is 13.4 Å². The Balaban J connectivity index is 2.09. The van der Waals surface area contributed by atoms with E-state index in [1.165, 1.54) is 11.3 Å². The molecule has 114 valence electrons. The molecule has 1 heterocycles. The Hall–Kier alpha value is -1.44. The Morgan fingerprint density at radius 2 is 2.00 bits per heavy atom. The number of thiazole rings is 1. The first-order valence-corrected chi connectivity index (χ1v) is 9.16. The summed E-state index contributed by atoms with van der Waals surface area (Å²) >= 11 is 1.29. The summed E-state index contributed by atoms with van der Waals surface area (Å²) in [5, 5.41) is 5.58. The summed E-state index contributed by atoms with van der Waals surface area (Å²) in [6.45, 7) is 5.02. The monoisotopic (exact) mass is 325 g/mol. The van der Waals surface area contributed by atoms with Crippen molar-refractivity contribution < 1.29 is 8.42 Å². The van der Waals surface area contributed by atoms with Crippen molar-refractivity contribution in [3.63, 3.8) is 0 Å². The number of hydrogen-bond donors (Lipinski definition) is 2. The van der Waals surface area contributed by atoms with E-state index in [-0.39, 0.29) is 10.9 Å². The molecule has 7 heteroatoms.